The lowest BCUT2D eigenvalue weighted by molar-refractivity contribution is 0.406. The van der Waals surface area contributed by atoms with Crippen LogP contribution in [0.4, 0.5) is 5.69 Å². The standard InChI is InChI=1S/C20H24N4/c1-14-8-4-5-9-16(14)24-15(2)17-18(20(24)10-6-7-11-20)21-19-22(3)12-13-23(17)19/h4-5,8-9,12-13,15H,6-7,10-11H2,1-3H3. The van der Waals surface area contributed by atoms with Gasteiger partial charge in [0, 0.05) is 25.1 Å². The minimum atomic E-state index is 0.0763. The molecule has 1 unspecified atom stereocenters. The molecule has 4 heteroatoms. The maximum absolute atomic E-state index is 5.13. The van der Waals surface area contributed by atoms with Crippen molar-refractivity contribution in [2.45, 2.75) is 51.1 Å². The van der Waals surface area contributed by atoms with E-state index in [0.717, 1.165) is 5.78 Å². The summed E-state index contributed by atoms with van der Waals surface area (Å²) in [4.78, 5) is 7.80. The fraction of sp³-hybridized carbons (Fsp3) is 0.450. The predicted octanol–water partition coefficient (Wildman–Crippen LogP) is 4.33. The van der Waals surface area contributed by atoms with Gasteiger partial charge in [-0.1, -0.05) is 31.0 Å². The number of hydrogen-bond acceptors (Lipinski definition) is 2. The number of hydrogen-bond donors (Lipinski definition) is 0. The molecular weight excluding hydrogens is 296 g/mol. The molecule has 1 spiro atoms. The summed E-state index contributed by atoms with van der Waals surface area (Å²) in [5.41, 5.74) is 5.51. The van der Waals surface area contributed by atoms with E-state index in [2.05, 4.69) is 71.4 Å². The Morgan fingerprint density at radius 1 is 1.12 bits per heavy atom. The van der Waals surface area contributed by atoms with Crippen LogP contribution in [0.2, 0.25) is 0 Å². The molecule has 0 amide bonds. The van der Waals surface area contributed by atoms with E-state index in [9.17, 15) is 0 Å². The zero-order valence-corrected chi connectivity index (χ0v) is 14.7. The van der Waals surface area contributed by atoms with Crippen molar-refractivity contribution in [1.29, 1.82) is 0 Å². The first kappa shape index (κ1) is 14.1. The lowest BCUT2D eigenvalue weighted by atomic mass is 9.92. The Morgan fingerprint density at radius 3 is 2.62 bits per heavy atom. The summed E-state index contributed by atoms with van der Waals surface area (Å²) in [5, 5.41) is 0. The zero-order valence-electron chi connectivity index (χ0n) is 14.7. The second-order valence-corrected chi connectivity index (χ2v) is 7.50. The average molecular weight is 320 g/mol. The Labute approximate surface area is 142 Å². The number of aromatic nitrogens is 3. The van der Waals surface area contributed by atoms with Crippen molar-refractivity contribution in [3.8, 4) is 0 Å². The fourth-order valence-electron chi connectivity index (χ4n) is 5.12. The summed E-state index contributed by atoms with van der Waals surface area (Å²) in [7, 11) is 2.09. The topological polar surface area (TPSA) is 25.5 Å². The third kappa shape index (κ3) is 1.56. The highest BCUT2D eigenvalue weighted by atomic mass is 15.3. The second kappa shape index (κ2) is 4.65. The molecule has 1 aliphatic heterocycles. The van der Waals surface area contributed by atoms with E-state index in [1.54, 1.807) is 0 Å². The Kier molecular flexibility index (Phi) is 2.74. The highest BCUT2D eigenvalue weighted by molar-refractivity contribution is 5.63. The minimum Gasteiger partial charge on any atom is -0.352 e. The number of nitrogens with zero attached hydrogens (tertiary/aromatic N) is 4. The third-order valence-electron chi connectivity index (χ3n) is 6.17. The predicted molar refractivity (Wildman–Crippen MR) is 96.4 cm³/mol. The van der Waals surface area contributed by atoms with Crippen molar-refractivity contribution >= 4 is 11.5 Å². The van der Waals surface area contributed by atoms with Crippen LogP contribution >= 0.6 is 0 Å². The van der Waals surface area contributed by atoms with Gasteiger partial charge in [-0.2, -0.15) is 0 Å². The smallest absolute Gasteiger partial charge is 0.214 e. The molecule has 4 nitrogen and oxygen atoms in total. The average Bonchev–Trinajstić information content (AvgIpc) is 3.29. The molecule has 2 aromatic heterocycles. The van der Waals surface area contributed by atoms with Crippen molar-refractivity contribution in [2.75, 3.05) is 4.90 Å². The van der Waals surface area contributed by atoms with E-state index in [0.29, 0.717) is 6.04 Å². The van der Waals surface area contributed by atoms with Gasteiger partial charge in [-0.25, -0.2) is 4.98 Å². The van der Waals surface area contributed by atoms with Crippen molar-refractivity contribution < 1.29 is 0 Å². The van der Waals surface area contributed by atoms with Gasteiger partial charge in [0.1, 0.15) is 0 Å². The first-order valence-electron chi connectivity index (χ1n) is 9.02. The van der Waals surface area contributed by atoms with Gasteiger partial charge in [0.15, 0.2) is 0 Å². The molecule has 2 aliphatic rings. The zero-order chi connectivity index (χ0) is 16.5. The number of imidazole rings is 2. The lowest BCUT2D eigenvalue weighted by Crippen LogP contribution is -2.41. The van der Waals surface area contributed by atoms with Gasteiger partial charge in [-0.05, 0) is 38.3 Å². The normalized spacial score (nSPS) is 22.0. The van der Waals surface area contributed by atoms with Crippen molar-refractivity contribution in [1.82, 2.24) is 14.0 Å². The summed E-state index contributed by atoms with van der Waals surface area (Å²) in [6.07, 6.45) is 9.28. The Morgan fingerprint density at radius 2 is 1.88 bits per heavy atom. The number of benzene rings is 1. The molecule has 1 aromatic carbocycles. The molecule has 5 rings (SSSR count). The summed E-state index contributed by atoms with van der Waals surface area (Å²) in [5.74, 6) is 1.07. The molecule has 24 heavy (non-hydrogen) atoms. The van der Waals surface area contributed by atoms with Crippen molar-refractivity contribution in [2.24, 2.45) is 7.05 Å². The highest BCUT2D eigenvalue weighted by Crippen LogP contribution is 2.56. The Bertz CT molecular complexity index is 926. The Hall–Kier alpha value is -2.23. The van der Waals surface area contributed by atoms with E-state index >= 15 is 0 Å². The molecule has 0 saturated heterocycles. The third-order valence-corrected chi connectivity index (χ3v) is 6.17. The largest absolute Gasteiger partial charge is 0.352 e. The van der Waals surface area contributed by atoms with Crippen LogP contribution in [0, 0.1) is 6.92 Å². The molecule has 1 saturated carbocycles. The molecule has 0 bridgehead atoms. The van der Waals surface area contributed by atoms with Crippen LogP contribution in [0.25, 0.3) is 5.78 Å². The van der Waals surface area contributed by atoms with E-state index in [1.165, 1.54) is 48.3 Å². The molecule has 0 N–H and O–H groups in total. The Balaban J connectivity index is 1.79. The first-order chi connectivity index (χ1) is 11.6. The van der Waals surface area contributed by atoms with Crippen molar-refractivity contribution in [3.05, 3.63) is 53.6 Å². The number of anilines is 1. The van der Waals surface area contributed by atoms with E-state index in [1.807, 2.05) is 0 Å². The molecule has 0 radical (unpaired) electrons. The van der Waals surface area contributed by atoms with Crippen LogP contribution < -0.4 is 4.90 Å². The van der Waals surface area contributed by atoms with Gasteiger partial charge in [-0.15, -0.1) is 0 Å². The monoisotopic (exact) mass is 320 g/mol. The SMILES string of the molecule is Cc1ccccc1N1C(C)c2c(nc3n(C)ccn23)C12CCCC2. The summed E-state index contributed by atoms with van der Waals surface area (Å²) < 4.78 is 4.43. The summed E-state index contributed by atoms with van der Waals surface area (Å²) in [6, 6.07) is 9.16. The van der Waals surface area contributed by atoms with Gasteiger partial charge in [0.25, 0.3) is 0 Å². The van der Waals surface area contributed by atoms with Crippen LogP contribution in [0.3, 0.4) is 0 Å². The number of aryl methyl sites for hydroxylation is 2. The van der Waals surface area contributed by atoms with Crippen molar-refractivity contribution in [3.63, 3.8) is 0 Å². The molecule has 3 aromatic rings. The van der Waals surface area contributed by atoms with Crippen LogP contribution in [0.5, 0.6) is 0 Å². The highest BCUT2D eigenvalue weighted by Gasteiger charge is 2.53. The molecule has 124 valence electrons. The first-order valence-corrected chi connectivity index (χ1v) is 9.02. The van der Waals surface area contributed by atoms with Gasteiger partial charge in [0.2, 0.25) is 5.78 Å². The van der Waals surface area contributed by atoms with Crippen LogP contribution in [0.15, 0.2) is 36.7 Å². The van der Waals surface area contributed by atoms with Crippen LogP contribution in [-0.2, 0) is 12.6 Å². The van der Waals surface area contributed by atoms with Crippen LogP contribution in [0.1, 0.15) is 55.6 Å². The number of fused-ring (bicyclic) bond motifs is 4. The van der Waals surface area contributed by atoms with Gasteiger partial charge < -0.3 is 9.47 Å². The molecule has 1 atom stereocenters. The molecule has 1 aliphatic carbocycles. The lowest BCUT2D eigenvalue weighted by Gasteiger charge is -2.40. The van der Waals surface area contributed by atoms with E-state index < -0.39 is 0 Å². The molecule has 1 fully saturated rings. The number of para-hydroxylation sites is 1. The van der Waals surface area contributed by atoms with E-state index in [4.69, 9.17) is 4.98 Å². The minimum absolute atomic E-state index is 0.0763. The van der Waals surface area contributed by atoms with Crippen LogP contribution in [-0.4, -0.2) is 14.0 Å². The fourth-order valence-corrected chi connectivity index (χ4v) is 5.12. The maximum atomic E-state index is 5.13. The van der Waals surface area contributed by atoms with Gasteiger partial charge in [0.05, 0.1) is 23.0 Å². The van der Waals surface area contributed by atoms with Gasteiger partial charge in [-0.3, -0.25) is 4.40 Å². The summed E-state index contributed by atoms with van der Waals surface area (Å²) >= 11 is 0. The molecular formula is C20H24N4. The van der Waals surface area contributed by atoms with Gasteiger partial charge >= 0.3 is 0 Å². The second-order valence-electron chi connectivity index (χ2n) is 7.50. The molecule has 3 heterocycles. The van der Waals surface area contributed by atoms with E-state index in [-0.39, 0.29) is 5.54 Å². The summed E-state index contributed by atoms with van der Waals surface area (Å²) in [6.45, 7) is 4.58. The quantitative estimate of drug-likeness (QED) is 0.667. The number of rotatable bonds is 1. The maximum Gasteiger partial charge on any atom is 0.214 e.